The molecule has 0 spiro atoms. The molecule has 0 unspecified atom stereocenters. The summed E-state index contributed by atoms with van der Waals surface area (Å²) in [5, 5.41) is -0.0288. The highest BCUT2D eigenvalue weighted by Gasteiger charge is 2.06. The predicted octanol–water partition coefficient (Wildman–Crippen LogP) is 3.75. The van der Waals surface area contributed by atoms with Crippen LogP contribution in [0.2, 0.25) is 5.02 Å². The van der Waals surface area contributed by atoms with Crippen molar-refractivity contribution in [2.24, 2.45) is 0 Å². The van der Waals surface area contributed by atoms with Crippen molar-refractivity contribution in [3.05, 3.63) is 70.5 Å². The Kier molecular flexibility index (Phi) is 5.18. The van der Waals surface area contributed by atoms with Gasteiger partial charge < -0.3 is 0 Å². The zero-order chi connectivity index (χ0) is 17.0. The summed E-state index contributed by atoms with van der Waals surface area (Å²) in [6.45, 7) is 0. The molecule has 0 amide bonds. The molecular formula is C16H13ClFNO3S. The number of nitrogens with one attached hydrogen (secondary N) is 1. The number of hydrogen-bond donors (Lipinski definition) is 1. The summed E-state index contributed by atoms with van der Waals surface area (Å²) >= 11 is 5.67. The fourth-order valence-electron chi connectivity index (χ4n) is 1.83. The van der Waals surface area contributed by atoms with Crippen LogP contribution in [-0.2, 0) is 10.0 Å². The molecule has 0 radical (unpaired) electrons. The van der Waals surface area contributed by atoms with E-state index in [9.17, 15) is 17.6 Å². The smallest absolute Gasteiger partial charge is 0.229 e. The van der Waals surface area contributed by atoms with E-state index in [0.717, 1.165) is 6.26 Å². The molecule has 0 aliphatic heterocycles. The van der Waals surface area contributed by atoms with Gasteiger partial charge in [-0.3, -0.25) is 9.52 Å². The van der Waals surface area contributed by atoms with Crippen LogP contribution in [0, 0.1) is 5.82 Å². The van der Waals surface area contributed by atoms with E-state index < -0.39 is 15.8 Å². The van der Waals surface area contributed by atoms with Gasteiger partial charge in [-0.05, 0) is 35.9 Å². The lowest BCUT2D eigenvalue weighted by Gasteiger charge is -2.04. The molecule has 0 saturated heterocycles. The number of benzene rings is 2. The first-order valence-electron chi connectivity index (χ1n) is 6.50. The molecule has 0 saturated carbocycles. The van der Waals surface area contributed by atoms with Gasteiger partial charge in [0.05, 0.1) is 11.3 Å². The van der Waals surface area contributed by atoms with Crippen molar-refractivity contribution in [3.8, 4) is 0 Å². The quantitative estimate of drug-likeness (QED) is 0.657. The number of hydrogen-bond acceptors (Lipinski definition) is 3. The summed E-state index contributed by atoms with van der Waals surface area (Å²) < 4.78 is 37.8. The summed E-state index contributed by atoms with van der Waals surface area (Å²) in [4.78, 5) is 12.1. The number of allylic oxidation sites excluding steroid dienone is 1. The molecule has 0 atom stereocenters. The largest absolute Gasteiger partial charge is 0.289 e. The minimum atomic E-state index is -3.41. The van der Waals surface area contributed by atoms with E-state index in [2.05, 4.69) is 4.72 Å². The molecule has 0 aliphatic rings. The molecule has 2 rings (SSSR count). The Morgan fingerprint density at radius 3 is 2.61 bits per heavy atom. The lowest BCUT2D eigenvalue weighted by atomic mass is 10.1. The molecule has 2 aromatic rings. The van der Waals surface area contributed by atoms with E-state index >= 15 is 0 Å². The first kappa shape index (κ1) is 17.2. The number of sulfonamides is 1. The molecule has 4 nitrogen and oxygen atoms in total. The third-order valence-corrected chi connectivity index (χ3v) is 3.72. The summed E-state index contributed by atoms with van der Waals surface area (Å²) in [7, 11) is -3.41. The molecule has 0 aromatic heterocycles. The topological polar surface area (TPSA) is 63.2 Å². The predicted molar refractivity (Wildman–Crippen MR) is 89.7 cm³/mol. The highest BCUT2D eigenvalue weighted by atomic mass is 35.5. The van der Waals surface area contributed by atoms with Crippen molar-refractivity contribution in [1.29, 1.82) is 0 Å². The number of carbonyl (C=O) groups is 1. The Morgan fingerprint density at radius 1 is 1.22 bits per heavy atom. The van der Waals surface area contributed by atoms with E-state index in [1.54, 1.807) is 18.2 Å². The van der Waals surface area contributed by atoms with E-state index in [1.807, 2.05) is 0 Å². The van der Waals surface area contributed by atoms with Crippen molar-refractivity contribution in [3.63, 3.8) is 0 Å². The van der Waals surface area contributed by atoms with Crippen LogP contribution in [0.4, 0.5) is 10.1 Å². The molecule has 1 N–H and O–H groups in total. The highest BCUT2D eigenvalue weighted by molar-refractivity contribution is 7.92. The number of halogens is 2. The van der Waals surface area contributed by atoms with Gasteiger partial charge >= 0.3 is 0 Å². The van der Waals surface area contributed by atoms with Crippen molar-refractivity contribution in [1.82, 2.24) is 0 Å². The van der Waals surface area contributed by atoms with E-state index in [-0.39, 0.29) is 10.8 Å². The monoisotopic (exact) mass is 353 g/mol. The summed E-state index contributed by atoms with van der Waals surface area (Å²) in [6.07, 6.45) is 3.84. The van der Waals surface area contributed by atoms with Crippen LogP contribution in [0.3, 0.4) is 0 Å². The second-order valence-electron chi connectivity index (χ2n) is 4.83. The second kappa shape index (κ2) is 6.93. The van der Waals surface area contributed by atoms with Crippen molar-refractivity contribution < 1.29 is 17.6 Å². The Morgan fingerprint density at radius 2 is 1.96 bits per heavy atom. The molecule has 23 heavy (non-hydrogen) atoms. The Hall–Kier alpha value is -2.18. The van der Waals surface area contributed by atoms with Gasteiger partial charge in [0.1, 0.15) is 5.82 Å². The van der Waals surface area contributed by atoms with Gasteiger partial charge in [0, 0.05) is 11.3 Å². The average Bonchev–Trinajstić information content (AvgIpc) is 2.46. The highest BCUT2D eigenvalue weighted by Crippen LogP contribution is 2.18. The summed E-state index contributed by atoms with van der Waals surface area (Å²) in [5.74, 6) is -0.850. The van der Waals surface area contributed by atoms with Gasteiger partial charge in [0.15, 0.2) is 5.78 Å². The van der Waals surface area contributed by atoms with Crippen LogP contribution >= 0.6 is 11.6 Å². The number of ketones is 1. The zero-order valence-electron chi connectivity index (χ0n) is 12.1. The van der Waals surface area contributed by atoms with Crippen LogP contribution in [0.15, 0.2) is 48.5 Å². The van der Waals surface area contributed by atoms with Crippen molar-refractivity contribution >= 4 is 39.2 Å². The van der Waals surface area contributed by atoms with Gasteiger partial charge in [-0.15, -0.1) is 0 Å². The SMILES string of the molecule is CS(=O)(=O)Nc1cccc(C(=O)C=Cc2ccc(F)c(Cl)c2)c1. The number of rotatable bonds is 5. The maximum atomic E-state index is 13.1. The molecule has 120 valence electrons. The molecule has 0 bridgehead atoms. The maximum absolute atomic E-state index is 13.1. The molecule has 2 aromatic carbocycles. The molecule has 0 fully saturated rings. The van der Waals surface area contributed by atoms with Gasteiger partial charge in [-0.25, -0.2) is 12.8 Å². The first-order valence-corrected chi connectivity index (χ1v) is 8.77. The normalized spacial score (nSPS) is 11.6. The number of carbonyl (C=O) groups excluding carboxylic acids is 1. The Bertz CT molecular complexity index is 879. The molecular weight excluding hydrogens is 341 g/mol. The fraction of sp³-hybridized carbons (Fsp3) is 0.0625. The van der Waals surface area contributed by atoms with Gasteiger partial charge in [-0.1, -0.05) is 35.9 Å². The maximum Gasteiger partial charge on any atom is 0.229 e. The third-order valence-electron chi connectivity index (χ3n) is 2.82. The molecule has 0 heterocycles. The lowest BCUT2D eigenvalue weighted by Crippen LogP contribution is -2.10. The Balaban J connectivity index is 2.18. The van der Waals surface area contributed by atoms with Crippen LogP contribution in [0.1, 0.15) is 15.9 Å². The average molecular weight is 354 g/mol. The van der Waals surface area contributed by atoms with Crippen LogP contribution in [-0.4, -0.2) is 20.5 Å². The van der Waals surface area contributed by atoms with Crippen molar-refractivity contribution in [2.45, 2.75) is 0 Å². The third kappa shape index (κ3) is 5.19. The lowest BCUT2D eigenvalue weighted by molar-refractivity contribution is 0.104. The van der Waals surface area contributed by atoms with Crippen LogP contribution in [0.25, 0.3) is 6.08 Å². The minimum absolute atomic E-state index is 0.0288. The Labute approximate surface area is 138 Å². The van der Waals surface area contributed by atoms with Crippen LogP contribution < -0.4 is 4.72 Å². The second-order valence-corrected chi connectivity index (χ2v) is 6.98. The fourth-order valence-corrected chi connectivity index (χ4v) is 2.58. The van der Waals surface area contributed by atoms with Gasteiger partial charge in [0.25, 0.3) is 0 Å². The zero-order valence-corrected chi connectivity index (χ0v) is 13.7. The number of anilines is 1. The van der Waals surface area contributed by atoms with E-state index in [0.29, 0.717) is 16.8 Å². The van der Waals surface area contributed by atoms with Crippen molar-refractivity contribution in [2.75, 3.05) is 11.0 Å². The van der Waals surface area contributed by atoms with E-state index in [1.165, 1.54) is 36.4 Å². The summed E-state index contributed by atoms with van der Waals surface area (Å²) in [5.41, 5.74) is 1.20. The van der Waals surface area contributed by atoms with E-state index in [4.69, 9.17) is 11.6 Å². The summed E-state index contributed by atoms with van der Waals surface area (Å²) in [6, 6.07) is 10.2. The molecule has 7 heteroatoms. The standard InChI is InChI=1S/C16H13ClFNO3S/c1-23(21,22)19-13-4-2-3-12(10-13)16(20)8-6-11-5-7-15(18)14(17)9-11/h2-10,19H,1H3. The van der Waals surface area contributed by atoms with Gasteiger partial charge in [-0.2, -0.15) is 0 Å². The van der Waals surface area contributed by atoms with Gasteiger partial charge in [0.2, 0.25) is 10.0 Å². The molecule has 0 aliphatic carbocycles. The first-order chi connectivity index (χ1) is 10.7. The van der Waals surface area contributed by atoms with Crippen LogP contribution in [0.5, 0.6) is 0 Å². The minimum Gasteiger partial charge on any atom is -0.289 e.